The molecule has 0 radical (unpaired) electrons. The molecule has 6 rings (SSSR count). The van der Waals surface area contributed by atoms with Crippen molar-refractivity contribution in [2.75, 3.05) is 51.3 Å². The topological polar surface area (TPSA) is 94.7 Å². The lowest BCUT2D eigenvalue weighted by atomic mass is 9.96. The summed E-state index contributed by atoms with van der Waals surface area (Å²) in [5.74, 6) is 0.508. The number of anilines is 1. The molecule has 5 heterocycles. The molecule has 1 fully saturated rings. The van der Waals surface area contributed by atoms with Crippen LogP contribution in [-0.4, -0.2) is 82.9 Å². The van der Waals surface area contributed by atoms with Crippen molar-refractivity contribution in [3.63, 3.8) is 0 Å². The first-order valence-corrected chi connectivity index (χ1v) is 15.1. The summed E-state index contributed by atoms with van der Waals surface area (Å²) in [7, 11) is 1.50. The van der Waals surface area contributed by atoms with Crippen LogP contribution >= 0.6 is 0 Å². The number of nitrogens with zero attached hydrogens (tertiary/aromatic N) is 5. The molecule has 2 amide bonds. The number of aromatic nitrogens is 3. The van der Waals surface area contributed by atoms with Crippen molar-refractivity contribution < 1.29 is 18.7 Å². The van der Waals surface area contributed by atoms with E-state index in [4.69, 9.17) is 9.72 Å². The number of rotatable bonds is 6. The van der Waals surface area contributed by atoms with Gasteiger partial charge in [-0.2, -0.15) is 0 Å². The van der Waals surface area contributed by atoms with Crippen LogP contribution in [0.1, 0.15) is 47.7 Å². The number of methoxy groups -OCH3 is 1. The number of fused-ring (bicyclic) bond motifs is 1. The third-order valence-electron chi connectivity index (χ3n) is 8.54. The lowest BCUT2D eigenvalue weighted by molar-refractivity contribution is -0.128. The number of benzene rings is 1. The van der Waals surface area contributed by atoms with Gasteiger partial charge in [-0.1, -0.05) is 19.1 Å². The predicted octanol–water partition coefficient (Wildman–Crippen LogP) is 5.24. The Morgan fingerprint density at radius 1 is 1.02 bits per heavy atom. The SMILES string of the molecule is CCc1nc(C)ccc1-c1cc(C(=O)N2CCN(c3ncc(F)cc3OC)CC2)cc2cc(C3=CCCN(C(C)=O)C3)[nH]c12. The maximum absolute atomic E-state index is 14.0. The van der Waals surface area contributed by atoms with Gasteiger partial charge in [0.1, 0.15) is 5.82 Å². The summed E-state index contributed by atoms with van der Waals surface area (Å²) < 4.78 is 19.1. The van der Waals surface area contributed by atoms with Crippen molar-refractivity contribution in [1.82, 2.24) is 24.8 Å². The quantitative estimate of drug-likeness (QED) is 0.327. The summed E-state index contributed by atoms with van der Waals surface area (Å²) in [6, 6.07) is 11.4. The number of ether oxygens (including phenoxy) is 1. The maximum Gasteiger partial charge on any atom is 0.254 e. The molecular weight excluding hydrogens is 559 g/mol. The fourth-order valence-electron chi connectivity index (χ4n) is 6.19. The Balaban J connectivity index is 1.35. The molecule has 44 heavy (non-hydrogen) atoms. The van der Waals surface area contributed by atoms with Gasteiger partial charge in [0.2, 0.25) is 5.91 Å². The summed E-state index contributed by atoms with van der Waals surface area (Å²) in [5.41, 5.74) is 7.41. The Bertz CT molecular complexity index is 1770. The highest BCUT2D eigenvalue weighted by Crippen LogP contribution is 2.35. The number of pyridine rings is 2. The van der Waals surface area contributed by atoms with Crippen LogP contribution in [0.25, 0.3) is 27.6 Å². The Morgan fingerprint density at radius 3 is 2.55 bits per heavy atom. The molecule has 2 aliphatic heterocycles. The van der Waals surface area contributed by atoms with E-state index in [1.165, 1.54) is 19.4 Å². The molecule has 0 spiro atoms. The summed E-state index contributed by atoms with van der Waals surface area (Å²) in [6.07, 6.45) is 4.92. The molecule has 1 aromatic carbocycles. The Morgan fingerprint density at radius 2 is 1.82 bits per heavy atom. The lowest BCUT2D eigenvalue weighted by Crippen LogP contribution is -2.49. The van der Waals surface area contributed by atoms with Gasteiger partial charge < -0.3 is 24.4 Å². The first-order valence-electron chi connectivity index (χ1n) is 15.1. The van der Waals surface area contributed by atoms with Crippen molar-refractivity contribution in [3.05, 3.63) is 77.1 Å². The van der Waals surface area contributed by atoms with E-state index in [0.717, 1.165) is 64.1 Å². The largest absolute Gasteiger partial charge is 0.493 e. The molecule has 10 heteroatoms. The normalized spacial score (nSPS) is 15.5. The number of hydrogen-bond donors (Lipinski definition) is 1. The number of piperazine rings is 1. The molecule has 0 aliphatic carbocycles. The third kappa shape index (κ3) is 5.64. The van der Waals surface area contributed by atoms with Gasteiger partial charge in [0.15, 0.2) is 11.6 Å². The molecule has 0 unspecified atom stereocenters. The van der Waals surface area contributed by atoms with E-state index in [9.17, 15) is 14.0 Å². The van der Waals surface area contributed by atoms with Gasteiger partial charge in [0, 0.05) is 91.4 Å². The van der Waals surface area contributed by atoms with Crippen LogP contribution in [0, 0.1) is 12.7 Å². The van der Waals surface area contributed by atoms with Gasteiger partial charge in [-0.15, -0.1) is 0 Å². The minimum atomic E-state index is -0.454. The minimum Gasteiger partial charge on any atom is -0.493 e. The Kier molecular flexibility index (Phi) is 8.07. The van der Waals surface area contributed by atoms with E-state index >= 15 is 0 Å². The van der Waals surface area contributed by atoms with Gasteiger partial charge in [0.05, 0.1) is 18.8 Å². The molecule has 2 aliphatic rings. The summed E-state index contributed by atoms with van der Waals surface area (Å²) >= 11 is 0. The Hall–Kier alpha value is -4.73. The Labute approximate surface area is 256 Å². The zero-order chi connectivity index (χ0) is 31.0. The zero-order valence-electron chi connectivity index (χ0n) is 25.6. The van der Waals surface area contributed by atoms with Gasteiger partial charge in [0.25, 0.3) is 5.91 Å². The number of carbonyl (C=O) groups is 2. The van der Waals surface area contributed by atoms with Gasteiger partial charge >= 0.3 is 0 Å². The van der Waals surface area contributed by atoms with Crippen LogP contribution in [0.3, 0.4) is 0 Å². The van der Waals surface area contributed by atoms with Gasteiger partial charge in [-0.05, 0) is 49.6 Å². The summed E-state index contributed by atoms with van der Waals surface area (Å²) in [6.45, 7) is 9.03. The number of nitrogens with one attached hydrogen (secondary N) is 1. The van der Waals surface area contributed by atoms with Crippen LogP contribution < -0.4 is 9.64 Å². The third-order valence-corrected chi connectivity index (χ3v) is 8.54. The highest BCUT2D eigenvalue weighted by molar-refractivity contribution is 6.05. The van der Waals surface area contributed by atoms with Crippen LogP contribution in [0.2, 0.25) is 0 Å². The van der Waals surface area contributed by atoms with Crippen molar-refractivity contribution in [3.8, 4) is 16.9 Å². The molecule has 3 aromatic heterocycles. The van der Waals surface area contributed by atoms with Gasteiger partial charge in [-0.25, -0.2) is 9.37 Å². The number of H-pyrrole nitrogens is 1. The molecule has 0 atom stereocenters. The molecule has 9 nitrogen and oxygen atoms in total. The van der Waals surface area contributed by atoms with E-state index in [1.54, 1.807) is 6.92 Å². The molecule has 0 bridgehead atoms. The molecule has 228 valence electrons. The number of halogens is 1. The monoisotopic (exact) mass is 596 g/mol. The summed E-state index contributed by atoms with van der Waals surface area (Å²) in [5, 5.41) is 0.934. The molecule has 4 aromatic rings. The second-order valence-electron chi connectivity index (χ2n) is 11.4. The second kappa shape index (κ2) is 12.1. The summed E-state index contributed by atoms with van der Waals surface area (Å²) in [4.78, 5) is 44.5. The average Bonchev–Trinajstić information content (AvgIpc) is 3.48. The van der Waals surface area contributed by atoms with Crippen LogP contribution in [0.5, 0.6) is 5.75 Å². The van der Waals surface area contributed by atoms with E-state index in [0.29, 0.717) is 49.9 Å². The minimum absolute atomic E-state index is 0.0488. The molecule has 1 saturated heterocycles. The second-order valence-corrected chi connectivity index (χ2v) is 11.4. The number of amides is 2. The number of carbonyl (C=O) groups excluding carboxylic acids is 2. The molecular formula is C34H37FN6O3. The van der Waals surface area contributed by atoms with E-state index < -0.39 is 5.82 Å². The first kappa shape index (κ1) is 29.3. The van der Waals surface area contributed by atoms with E-state index in [1.807, 2.05) is 39.8 Å². The maximum atomic E-state index is 14.0. The standard InChI is InChI=1S/C34H37FN6O3/c1-5-29-27(9-8-21(2)37-29)28-16-25(15-24-17-30(38-32(24)28)23-7-6-10-41(20-23)22(3)42)34(43)40-13-11-39(12-14-40)33-31(44-4)18-26(35)19-36-33/h7-9,15-19,38H,5-6,10-14,20H2,1-4H3. The fourth-order valence-corrected chi connectivity index (χ4v) is 6.19. The lowest BCUT2D eigenvalue weighted by Gasteiger charge is -2.36. The van der Waals surface area contributed by atoms with Crippen molar-refractivity contribution in [2.45, 2.75) is 33.6 Å². The van der Waals surface area contributed by atoms with E-state index in [-0.39, 0.29) is 11.8 Å². The highest BCUT2D eigenvalue weighted by Gasteiger charge is 2.27. The zero-order valence-corrected chi connectivity index (χ0v) is 25.6. The van der Waals surface area contributed by atoms with Crippen molar-refractivity contribution in [1.29, 1.82) is 0 Å². The van der Waals surface area contributed by atoms with Crippen LogP contribution in [-0.2, 0) is 11.2 Å². The van der Waals surface area contributed by atoms with Crippen molar-refractivity contribution in [2.24, 2.45) is 0 Å². The smallest absolute Gasteiger partial charge is 0.254 e. The highest BCUT2D eigenvalue weighted by atomic mass is 19.1. The van der Waals surface area contributed by atoms with E-state index in [2.05, 4.69) is 35.1 Å². The van der Waals surface area contributed by atoms with Gasteiger partial charge in [-0.3, -0.25) is 14.6 Å². The van der Waals surface area contributed by atoms with Crippen molar-refractivity contribution >= 4 is 34.1 Å². The number of hydrogen-bond acceptors (Lipinski definition) is 6. The predicted molar refractivity (Wildman–Crippen MR) is 169 cm³/mol. The molecule has 1 N–H and O–H groups in total. The average molecular weight is 597 g/mol. The van der Waals surface area contributed by atoms with Crippen LogP contribution in [0.4, 0.5) is 10.2 Å². The molecule has 0 saturated carbocycles. The number of aryl methyl sites for hydroxylation is 2. The fraction of sp³-hybridized carbons (Fsp3) is 0.353. The van der Waals surface area contributed by atoms with Crippen LogP contribution in [0.15, 0.2) is 48.7 Å². The first-order chi connectivity index (χ1) is 21.2. The number of aromatic amines is 1.